The predicted octanol–water partition coefficient (Wildman–Crippen LogP) is 3.83. The van der Waals surface area contributed by atoms with Crippen molar-refractivity contribution in [3.8, 4) is 12.1 Å². The smallest absolute Gasteiger partial charge is 0.193 e. The van der Waals surface area contributed by atoms with Gasteiger partial charge in [0.25, 0.3) is 0 Å². The van der Waals surface area contributed by atoms with E-state index < -0.39 is 0 Å². The van der Waals surface area contributed by atoms with Crippen molar-refractivity contribution in [3.05, 3.63) is 70.8 Å². The zero-order chi connectivity index (χ0) is 15.8. The first-order chi connectivity index (χ1) is 10.8. The van der Waals surface area contributed by atoms with Crippen LogP contribution in [0, 0.1) is 22.7 Å². The molecule has 0 fully saturated rings. The van der Waals surface area contributed by atoms with E-state index in [9.17, 15) is 4.79 Å². The van der Waals surface area contributed by atoms with Crippen molar-refractivity contribution in [1.82, 2.24) is 0 Å². The van der Waals surface area contributed by atoms with Crippen LogP contribution in [0.3, 0.4) is 0 Å². The van der Waals surface area contributed by atoms with Gasteiger partial charge < -0.3 is 0 Å². The summed E-state index contributed by atoms with van der Waals surface area (Å²) in [6.45, 7) is 0. The highest BCUT2D eigenvalue weighted by Crippen LogP contribution is 2.20. The number of aryl methyl sites for hydroxylation is 2. The minimum Gasteiger partial charge on any atom is -0.289 e. The van der Waals surface area contributed by atoms with E-state index in [1.807, 2.05) is 36.4 Å². The molecule has 2 aromatic rings. The van der Waals surface area contributed by atoms with Crippen LogP contribution >= 0.6 is 0 Å². The molecule has 3 nitrogen and oxygen atoms in total. The van der Waals surface area contributed by atoms with Gasteiger partial charge in [-0.1, -0.05) is 48.5 Å². The molecule has 0 unspecified atom stereocenters. The van der Waals surface area contributed by atoms with Gasteiger partial charge in [0, 0.05) is 24.0 Å². The Bertz CT molecular complexity index is 687. The number of nitrogens with zero attached hydrogens (tertiary/aromatic N) is 2. The fourth-order valence-electron chi connectivity index (χ4n) is 2.45. The van der Waals surface area contributed by atoms with Crippen LogP contribution < -0.4 is 0 Å². The van der Waals surface area contributed by atoms with Crippen LogP contribution in [0.1, 0.15) is 39.9 Å². The first-order valence-electron chi connectivity index (χ1n) is 7.22. The molecule has 0 spiro atoms. The Labute approximate surface area is 130 Å². The Morgan fingerprint density at radius 1 is 0.773 bits per heavy atom. The second kappa shape index (κ2) is 7.76. The summed E-state index contributed by atoms with van der Waals surface area (Å²) in [5.74, 6) is -0.0397. The van der Waals surface area contributed by atoms with Crippen LogP contribution in [0.25, 0.3) is 0 Å². The Morgan fingerprint density at radius 2 is 1.18 bits per heavy atom. The highest BCUT2D eigenvalue weighted by molar-refractivity contribution is 6.10. The van der Waals surface area contributed by atoms with Gasteiger partial charge in [-0.2, -0.15) is 10.5 Å². The van der Waals surface area contributed by atoms with Crippen molar-refractivity contribution in [3.63, 3.8) is 0 Å². The number of benzene rings is 2. The van der Waals surface area contributed by atoms with Crippen molar-refractivity contribution >= 4 is 5.78 Å². The molecule has 0 amide bonds. The number of carbonyl (C=O) groups excluding carboxylic acids is 1. The van der Waals surface area contributed by atoms with Gasteiger partial charge >= 0.3 is 0 Å². The molecule has 0 aliphatic rings. The molecule has 0 saturated heterocycles. The predicted molar refractivity (Wildman–Crippen MR) is 84.2 cm³/mol. The Hall–Kier alpha value is -2.91. The highest BCUT2D eigenvalue weighted by Gasteiger charge is 2.16. The van der Waals surface area contributed by atoms with E-state index in [2.05, 4.69) is 12.1 Å². The number of ketones is 1. The lowest BCUT2D eigenvalue weighted by atomic mass is 9.92. The number of carbonyl (C=O) groups is 1. The van der Waals surface area contributed by atoms with E-state index in [0.717, 1.165) is 11.1 Å². The lowest BCUT2D eigenvalue weighted by molar-refractivity contribution is 0.103. The first kappa shape index (κ1) is 15.5. The molecule has 108 valence electrons. The molecule has 3 heteroatoms. The summed E-state index contributed by atoms with van der Waals surface area (Å²) in [7, 11) is 0. The van der Waals surface area contributed by atoms with Crippen LogP contribution in [0.2, 0.25) is 0 Å². The van der Waals surface area contributed by atoms with Crippen molar-refractivity contribution < 1.29 is 4.79 Å². The van der Waals surface area contributed by atoms with Gasteiger partial charge in [-0.05, 0) is 24.0 Å². The van der Waals surface area contributed by atoms with E-state index in [0.29, 0.717) is 36.8 Å². The molecule has 0 heterocycles. The van der Waals surface area contributed by atoms with Crippen LogP contribution in [0.4, 0.5) is 0 Å². The van der Waals surface area contributed by atoms with E-state index in [1.165, 1.54) is 0 Å². The molecule has 0 radical (unpaired) electrons. The van der Waals surface area contributed by atoms with E-state index in [-0.39, 0.29) is 5.78 Å². The molecule has 0 atom stereocenters. The van der Waals surface area contributed by atoms with E-state index in [4.69, 9.17) is 10.5 Å². The van der Waals surface area contributed by atoms with Crippen LogP contribution in [-0.2, 0) is 12.8 Å². The molecular weight excluding hydrogens is 272 g/mol. The van der Waals surface area contributed by atoms with Gasteiger partial charge in [0.15, 0.2) is 5.78 Å². The van der Waals surface area contributed by atoms with Gasteiger partial charge in [-0.3, -0.25) is 4.79 Å². The maximum atomic E-state index is 12.8. The molecule has 2 aromatic carbocycles. The van der Waals surface area contributed by atoms with Gasteiger partial charge in [-0.25, -0.2) is 0 Å². The summed E-state index contributed by atoms with van der Waals surface area (Å²) in [4.78, 5) is 12.8. The maximum absolute atomic E-state index is 12.8. The number of rotatable bonds is 6. The van der Waals surface area contributed by atoms with Crippen molar-refractivity contribution in [1.29, 1.82) is 10.5 Å². The van der Waals surface area contributed by atoms with E-state index in [1.54, 1.807) is 12.1 Å². The third-order valence-electron chi connectivity index (χ3n) is 3.54. The molecular formula is C19H16N2O. The zero-order valence-corrected chi connectivity index (χ0v) is 12.2. The monoisotopic (exact) mass is 288 g/mol. The third kappa shape index (κ3) is 3.59. The number of hydrogen-bond acceptors (Lipinski definition) is 3. The summed E-state index contributed by atoms with van der Waals surface area (Å²) >= 11 is 0. The topological polar surface area (TPSA) is 64.7 Å². The van der Waals surface area contributed by atoms with Crippen molar-refractivity contribution in [2.75, 3.05) is 0 Å². The lowest BCUT2D eigenvalue weighted by Crippen LogP contribution is -2.08. The molecule has 2 rings (SSSR count). The largest absolute Gasteiger partial charge is 0.289 e. The quantitative estimate of drug-likeness (QED) is 0.759. The molecule has 22 heavy (non-hydrogen) atoms. The Balaban J connectivity index is 2.37. The molecule has 0 aliphatic carbocycles. The molecule has 0 aliphatic heterocycles. The molecule has 0 N–H and O–H groups in total. The normalized spacial score (nSPS) is 9.73. The fraction of sp³-hybridized carbons (Fsp3) is 0.211. The summed E-state index contributed by atoms with van der Waals surface area (Å²) in [5, 5.41) is 17.5. The number of nitriles is 2. The summed E-state index contributed by atoms with van der Waals surface area (Å²) in [6.07, 6.45) is 1.91. The van der Waals surface area contributed by atoms with Crippen LogP contribution in [0.5, 0.6) is 0 Å². The average molecular weight is 288 g/mol. The lowest BCUT2D eigenvalue weighted by Gasteiger charge is -2.10. The average Bonchev–Trinajstić information content (AvgIpc) is 2.58. The van der Waals surface area contributed by atoms with Crippen molar-refractivity contribution in [2.45, 2.75) is 25.7 Å². The van der Waals surface area contributed by atoms with Gasteiger partial charge in [-0.15, -0.1) is 0 Å². The minimum absolute atomic E-state index is 0.0397. The third-order valence-corrected chi connectivity index (χ3v) is 3.54. The molecule has 0 saturated carbocycles. The highest BCUT2D eigenvalue weighted by atomic mass is 16.1. The van der Waals surface area contributed by atoms with Gasteiger partial charge in [0.05, 0.1) is 12.1 Å². The van der Waals surface area contributed by atoms with Crippen LogP contribution in [-0.4, -0.2) is 5.78 Å². The molecule has 0 bridgehead atoms. The minimum atomic E-state index is -0.0397. The maximum Gasteiger partial charge on any atom is 0.193 e. The Kier molecular flexibility index (Phi) is 5.46. The second-order valence-corrected chi connectivity index (χ2v) is 4.96. The van der Waals surface area contributed by atoms with Gasteiger partial charge in [0.2, 0.25) is 0 Å². The molecule has 0 aromatic heterocycles. The van der Waals surface area contributed by atoms with Crippen LogP contribution in [0.15, 0.2) is 48.5 Å². The number of hydrogen-bond donors (Lipinski definition) is 0. The van der Waals surface area contributed by atoms with Crippen molar-refractivity contribution in [2.24, 2.45) is 0 Å². The summed E-state index contributed by atoms with van der Waals surface area (Å²) in [6, 6.07) is 19.0. The fourth-order valence-corrected chi connectivity index (χ4v) is 2.45. The summed E-state index contributed by atoms with van der Waals surface area (Å²) in [5.41, 5.74) is 3.07. The first-order valence-corrected chi connectivity index (χ1v) is 7.22. The standard InChI is InChI=1S/C19H16N2O/c20-13-5-9-15-7-1-3-11-17(15)19(22)18-12-4-2-8-16(18)10-6-14-21/h1-4,7-8,11-12H,5-6,9-10H2. The summed E-state index contributed by atoms with van der Waals surface area (Å²) < 4.78 is 0. The Morgan fingerprint density at radius 3 is 1.59 bits per heavy atom. The van der Waals surface area contributed by atoms with E-state index >= 15 is 0 Å². The second-order valence-electron chi connectivity index (χ2n) is 4.96. The SMILES string of the molecule is N#CCCc1ccccc1C(=O)c1ccccc1CCC#N. The van der Waals surface area contributed by atoms with Gasteiger partial charge in [0.1, 0.15) is 0 Å². The zero-order valence-electron chi connectivity index (χ0n) is 12.2.